The van der Waals surface area contributed by atoms with Gasteiger partial charge in [0.1, 0.15) is 0 Å². The summed E-state index contributed by atoms with van der Waals surface area (Å²) >= 11 is 0. The van der Waals surface area contributed by atoms with Crippen LogP contribution in [0, 0.1) is 17.3 Å². The molecular weight excluding hydrogens is 176 g/mol. The Morgan fingerprint density at radius 2 is 2.07 bits per heavy atom. The second kappa shape index (κ2) is 3.41. The SMILES string of the molecule is CC1CC=CC2(CCCC2)C1C(=O)O. The fraction of sp³-hybridized carbons (Fsp3) is 0.750. The molecule has 0 bridgehead atoms. The molecule has 1 fully saturated rings. The van der Waals surface area contributed by atoms with Gasteiger partial charge in [0, 0.05) is 5.41 Å². The van der Waals surface area contributed by atoms with Crippen molar-refractivity contribution >= 4 is 5.97 Å². The van der Waals surface area contributed by atoms with E-state index in [1.165, 1.54) is 12.8 Å². The zero-order chi connectivity index (χ0) is 10.2. The normalized spacial score (nSPS) is 34.9. The summed E-state index contributed by atoms with van der Waals surface area (Å²) < 4.78 is 0. The predicted molar refractivity (Wildman–Crippen MR) is 54.9 cm³/mol. The van der Waals surface area contributed by atoms with Gasteiger partial charge in [-0.2, -0.15) is 0 Å². The summed E-state index contributed by atoms with van der Waals surface area (Å²) in [6, 6.07) is 0. The fourth-order valence-corrected chi connectivity index (χ4v) is 3.32. The van der Waals surface area contributed by atoms with Gasteiger partial charge in [0.2, 0.25) is 0 Å². The van der Waals surface area contributed by atoms with Gasteiger partial charge in [0.25, 0.3) is 0 Å². The van der Waals surface area contributed by atoms with Gasteiger partial charge in [-0.25, -0.2) is 0 Å². The molecule has 2 aliphatic rings. The summed E-state index contributed by atoms with van der Waals surface area (Å²) in [5.74, 6) is -0.436. The third kappa shape index (κ3) is 1.37. The van der Waals surface area contributed by atoms with Crippen molar-refractivity contribution in [2.24, 2.45) is 17.3 Å². The first kappa shape index (κ1) is 9.75. The second-order valence-electron chi connectivity index (χ2n) is 4.87. The zero-order valence-electron chi connectivity index (χ0n) is 8.70. The average Bonchev–Trinajstić information content (AvgIpc) is 2.53. The average molecular weight is 194 g/mol. The number of allylic oxidation sites excluding steroid dienone is 2. The molecular formula is C12H18O2. The highest BCUT2D eigenvalue weighted by Gasteiger charge is 2.47. The lowest BCUT2D eigenvalue weighted by atomic mass is 9.64. The third-order valence-electron chi connectivity index (χ3n) is 3.95. The van der Waals surface area contributed by atoms with Crippen molar-refractivity contribution in [1.29, 1.82) is 0 Å². The van der Waals surface area contributed by atoms with Crippen molar-refractivity contribution in [2.75, 3.05) is 0 Å². The van der Waals surface area contributed by atoms with Gasteiger partial charge in [-0.1, -0.05) is 31.9 Å². The van der Waals surface area contributed by atoms with Gasteiger partial charge in [-0.15, -0.1) is 0 Å². The summed E-state index contributed by atoms with van der Waals surface area (Å²) in [7, 11) is 0. The van der Waals surface area contributed by atoms with E-state index in [9.17, 15) is 9.90 Å². The van der Waals surface area contributed by atoms with E-state index in [4.69, 9.17) is 0 Å². The van der Waals surface area contributed by atoms with Gasteiger partial charge in [-0.05, 0) is 25.2 Å². The van der Waals surface area contributed by atoms with Crippen LogP contribution in [0.2, 0.25) is 0 Å². The molecule has 0 aliphatic heterocycles. The first-order chi connectivity index (χ1) is 6.66. The molecule has 2 unspecified atom stereocenters. The van der Waals surface area contributed by atoms with Gasteiger partial charge < -0.3 is 5.11 Å². The largest absolute Gasteiger partial charge is 0.481 e. The van der Waals surface area contributed by atoms with E-state index in [1.54, 1.807) is 0 Å². The van der Waals surface area contributed by atoms with E-state index in [1.807, 2.05) is 0 Å². The first-order valence-electron chi connectivity index (χ1n) is 5.56. The Balaban J connectivity index is 2.31. The molecule has 2 rings (SSSR count). The lowest BCUT2D eigenvalue weighted by Crippen LogP contribution is -2.38. The Labute approximate surface area is 85.0 Å². The lowest BCUT2D eigenvalue weighted by molar-refractivity contribution is -0.148. The molecule has 2 atom stereocenters. The standard InChI is InChI=1S/C12H18O2/c1-9-5-4-8-12(6-2-3-7-12)10(9)11(13)14/h4,8-10H,2-3,5-7H2,1H3,(H,13,14). The molecule has 0 aromatic carbocycles. The lowest BCUT2D eigenvalue weighted by Gasteiger charge is -2.38. The van der Waals surface area contributed by atoms with Crippen LogP contribution in [0.1, 0.15) is 39.0 Å². The molecule has 2 nitrogen and oxygen atoms in total. The Morgan fingerprint density at radius 1 is 1.43 bits per heavy atom. The van der Waals surface area contributed by atoms with Crippen LogP contribution >= 0.6 is 0 Å². The van der Waals surface area contributed by atoms with E-state index in [0.29, 0.717) is 5.92 Å². The number of rotatable bonds is 1. The minimum absolute atomic E-state index is 0.00347. The minimum Gasteiger partial charge on any atom is -0.481 e. The molecule has 0 aromatic rings. The number of hydrogen-bond acceptors (Lipinski definition) is 1. The summed E-state index contributed by atoms with van der Waals surface area (Å²) in [4.78, 5) is 11.3. The van der Waals surface area contributed by atoms with Crippen LogP contribution in [-0.4, -0.2) is 11.1 Å². The Hall–Kier alpha value is -0.790. The van der Waals surface area contributed by atoms with Crippen LogP contribution in [0.3, 0.4) is 0 Å². The summed E-state index contributed by atoms with van der Waals surface area (Å²) in [6.07, 6.45) is 9.85. The zero-order valence-corrected chi connectivity index (χ0v) is 8.70. The molecule has 0 heterocycles. The maximum atomic E-state index is 11.3. The molecule has 0 saturated heterocycles. The first-order valence-corrected chi connectivity index (χ1v) is 5.56. The van der Waals surface area contributed by atoms with Crippen molar-refractivity contribution in [2.45, 2.75) is 39.0 Å². The summed E-state index contributed by atoms with van der Waals surface area (Å²) in [5, 5.41) is 9.30. The smallest absolute Gasteiger partial charge is 0.307 e. The highest BCUT2D eigenvalue weighted by atomic mass is 16.4. The number of carboxylic acids is 1. The Morgan fingerprint density at radius 3 is 2.64 bits per heavy atom. The number of carboxylic acid groups (broad SMARTS) is 1. The molecule has 0 aromatic heterocycles. The molecule has 78 valence electrons. The molecule has 2 heteroatoms. The highest BCUT2D eigenvalue weighted by molar-refractivity contribution is 5.72. The van der Waals surface area contributed by atoms with Gasteiger partial charge in [0.15, 0.2) is 0 Å². The second-order valence-corrected chi connectivity index (χ2v) is 4.87. The predicted octanol–water partition coefficient (Wildman–Crippen LogP) is 2.84. The maximum Gasteiger partial charge on any atom is 0.307 e. The van der Waals surface area contributed by atoms with Crippen LogP contribution in [0.25, 0.3) is 0 Å². The van der Waals surface area contributed by atoms with Gasteiger partial charge in [0.05, 0.1) is 5.92 Å². The molecule has 1 N–H and O–H groups in total. The van der Waals surface area contributed by atoms with E-state index in [2.05, 4.69) is 19.1 Å². The molecule has 1 spiro atoms. The number of aliphatic carboxylic acids is 1. The van der Waals surface area contributed by atoms with E-state index in [0.717, 1.165) is 19.3 Å². The van der Waals surface area contributed by atoms with Gasteiger partial charge >= 0.3 is 5.97 Å². The van der Waals surface area contributed by atoms with E-state index < -0.39 is 5.97 Å². The van der Waals surface area contributed by atoms with Crippen molar-refractivity contribution in [3.05, 3.63) is 12.2 Å². The Kier molecular flexibility index (Phi) is 2.38. The molecule has 2 aliphatic carbocycles. The summed E-state index contributed by atoms with van der Waals surface area (Å²) in [6.45, 7) is 2.07. The van der Waals surface area contributed by atoms with Crippen molar-refractivity contribution in [3.63, 3.8) is 0 Å². The van der Waals surface area contributed by atoms with Crippen molar-refractivity contribution < 1.29 is 9.90 Å². The van der Waals surface area contributed by atoms with Crippen molar-refractivity contribution in [1.82, 2.24) is 0 Å². The monoisotopic (exact) mass is 194 g/mol. The third-order valence-corrected chi connectivity index (χ3v) is 3.95. The minimum atomic E-state index is -0.594. The maximum absolute atomic E-state index is 11.3. The topological polar surface area (TPSA) is 37.3 Å². The molecule has 0 amide bonds. The molecule has 14 heavy (non-hydrogen) atoms. The van der Waals surface area contributed by atoms with Crippen LogP contribution < -0.4 is 0 Å². The summed E-state index contributed by atoms with van der Waals surface area (Å²) in [5.41, 5.74) is 0.00347. The fourth-order valence-electron chi connectivity index (χ4n) is 3.32. The van der Waals surface area contributed by atoms with Crippen molar-refractivity contribution in [3.8, 4) is 0 Å². The van der Waals surface area contributed by atoms with Crippen LogP contribution in [0.15, 0.2) is 12.2 Å². The number of carbonyl (C=O) groups is 1. The van der Waals surface area contributed by atoms with Crippen LogP contribution in [0.5, 0.6) is 0 Å². The van der Waals surface area contributed by atoms with Gasteiger partial charge in [-0.3, -0.25) is 4.79 Å². The molecule has 0 radical (unpaired) electrons. The van der Waals surface area contributed by atoms with Crippen LogP contribution in [0.4, 0.5) is 0 Å². The molecule has 1 saturated carbocycles. The van der Waals surface area contributed by atoms with Crippen LogP contribution in [-0.2, 0) is 4.79 Å². The highest BCUT2D eigenvalue weighted by Crippen LogP contribution is 2.51. The quantitative estimate of drug-likeness (QED) is 0.652. The van der Waals surface area contributed by atoms with E-state index >= 15 is 0 Å². The van der Waals surface area contributed by atoms with E-state index in [-0.39, 0.29) is 11.3 Å². The Bertz CT molecular complexity index is 261. The number of hydrogen-bond donors (Lipinski definition) is 1.